The molecule has 0 aromatic heterocycles. The van der Waals surface area contributed by atoms with E-state index in [0.717, 1.165) is 18.0 Å². The van der Waals surface area contributed by atoms with Crippen molar-refractivity contribution in [1.29, 1.82) is 0 Å². The lowest BCUT2D eigenvalue weighted by Crippen LogP contribution is -2.54. The van der Waals surface area contributed by atoms with Crippen LogP contribution in [0, 0.1) is 5.92 Å². The van der Waals surface area contributed by atoms with Gasteiger partial charge in [0.25, 0.3) is 0 Å². The van der Waals surface area contributed by atoms with Crippen LogP contribution in [0.1, 0.15) is 26.2 Å². The van der Waals surface area contributed by atoms with Crippen molar-refractivity contribution >= 4 is 0 Å². The molecule has 0 aromatic rings. The van der Waals surface area contributed by atoms with Gasteiger partial charge >= 0.3 is 0 Å². The summed E-state index contributed by atoms with van der Waals surface area (Å²) in [7, 11) is 0. The number of hydrogen-bond acceptors (Lipinski definition) is 2. The molecular formula is C9H18N2. The highest BCUT2D eigenvalue weighted by Gasteiger charge is 2.31. The normalized spacial score (nSPS) is 45.0. The Balaban J connectivity index is 1.99. The van der Waals surface area contributed by atoms with Gasteiger partial charge in [0.05, 0.1) is 0 Å². The molecule has 2 saturated heterocycles. The lowest BCUT2D eigenvalue weighted by Gasteiger charge is -2.41. The second kappa shape index (κ2) is 3.11. The van der Waals surface area contributed by atoms with Gasteiger partial charge in [-0.25, -0.2) is 0 Å². The zero-order chi connectivity index (χ0) is 7.68. The highest BCUT2D eigenvalue weighted by atomic mass is 15.0. The van der Waals surface area contributed by atoms with Crippen LogP contribution in [0.15, 0.2) is 0 Å². The predicted molar refractivity (Wildman–Crippen MR) is 46.6 cm³/mol. The fraction of sp³-hybridized carbons (Fsp3) is 1.00. The molecule has 2 fully saturated rings. The van der Waals surface area contributed by atoms with E-state index in [9.17, 15) is 0 Å². The molecule has 2 heterocycles. The van der Waals surface area contributed by atoms with Crippen LogP contribution in [0.3, 0.4) is 0 Å². The van der Waals surface area contributed by atoms with Gasteiger partial charge in [-0.3, -0.25) is 0 Å². The maximum atomic E-state index is 3.61. The maximum Gasteiger partial charge on any atom is 0.0122 e. The van der Waals surface area contributed by atoms with Crippen molar-refractivity contribution in [1.82, 2.24) is 10.6 Å². The van der Waals surface area contributed by atoms with Gasteiger partial charge in [0.15, 0.2) is 0 Å². The van der Waals surface area contributed by atoms with Crippen molar-refractivity contribution in [2.24, 2.45) is 5.92 Å². The van der Waals surface area contributed by atoms with Gasteiger partial charge in [-0.1, -0.05) is 0 Å². The highest BCUT2D eigenvalue weighted by molar-refractivity contribution is 4.91. The van der Waals surface area contributed by atoms with E-state index in [4.69, 9.17) is 0 Å². The van der Waals surface area contributed by atoms with E-state index in [1.165, 1.54) is 32.4 Å². The second-order valence-electron chi connectivity index (χ2n) is 3.90. The summed E-state index contributed by atoms with van der Waals surface area (Å²) in [6.45, 7) is 4.77. The van der Waals surface area contributed by atoms with Crippen LogP contribution in [-0.4, -0.2) is 25.2 Å². The van der Waals surface area contributed by atoms with E-state index in [2.05, 4.69) is 17.6 Å². The third-order valence-corrected chi connectivity index (χ3v) is 3.20. The summed E-state index contributed by atoms with van der Waals surface area (Å²) in [5.41, 5.74) is 0. The van der Waals surface area contributed by atoms with E-state index >= 15 is 0 Å². The number of nitrogens with one attached hydrogen (secondary N) is 2. The van der Waals surface area contributed by atoms with Gasteiger partial charge in [-0.05, 0) is 45.2 Å². The van der Waals surface area contributed by atoms with E-state index in [0.29, 0.717) is 0 Å². The molecule has 0 bridgehead atoms. The Kier molecular flexibility index (Phi) is 2.14. The maximum absolute atomic E-state index is 3.61. The fourth-order valence-corrected chi connectivity index (χ4v) is 2.51. The Bertz CT molecular complexity index is 134. The van der Waals surface area contributed by atoms with Crippen molar-refractivity contribution in [3.05, 3.63) is 0 Å². The summed E-state index contributed by atoms with van der Waals surface area (Å²) < 4.78 is 0. The average Bonchev–Trinajstić information content (AvgIpc) is 2.06. The molecule has 11 heavy (non-hydrogen) atoms. The second-order valence-corrected chi connectivity index (χ2v) is 3.90. The Labute approximate surface area is 68.7 Å². The smallest absolute Gasteiger partial charge is 0.0122 e. The zero-order valence-corrected chi connectivity index (χ0v) is 7.27. The van der Waals surface area contributed by atoms with Crippen LogP contribution in [0.5, 0.6) is 0 Å². The predicted octanol–water partition coefficient (Wildman–Crippen LogP) is 0.736. The van der Waals surface area contributed by atoms with Crippen LogP contribution < -0.4 is 10.6 Å². The van der Waals surface area contributed by atoms with E-state index in [-0.39, 0.29) is 0 Å². The van der Waals surface area contributed by atoms with Gasteiger partial charge in [0.2, 0.25) is 0 Å². The third kappa shape index (κ3) is 1.42. The van der Waals surface area contributed by atoms with E-state index in [1.807, 2.05) is 0 Å². The number of fused-ring (bicyclic) bond motifs is 1. The molecule has 0 amide bonds. The molecule has 0 aromatic carbocycles. The Morgan fingerprint density at radius 3 is 2.82 bits per heavy atom. The number of piperidine rings is 2. The van der Waals surface area contributed by atoms with Gasteiger partial charge in [-0.15, -0.1) is 0 Å². The summed E-state index contributed by atoms with van der Waals surface area (Å²) in [5, 5.41) is 7.15. The zero-order valence-electron chi connectivity index (χ0n) is 7.27. The Hall–Kier alpha value is -0.0800. The molecule has 0 saturated carbocycles. The first-order valence-corrected chi connectivity index (χ1v) is 4.84. The van der Waals surface area contributed by atoms with Crippen LogP contribution in [0.4, 0.5) is 0 Å². The molecule has 3 atom stereocenters. The Morgan fingerprint density at radius 2 is 2.00 bits per heavy atom. The standard InChI is InChI=1S/C9H18N2/c1-7-8-3-2-5-11-9(8)4-6-10-7/h7-11H,2-6H2,1H3. The quantitative estimate of drug-likeness (QED) is 0.537. The van der Waals surface area contributed by atoms with Crippen LogP contribution in [0.25, 0.3) is 0 Å². The summed E-state index contributed by atoms with van der Waals surface area (Å²) in [4.78, 5) is 0. The first kappa shape index (κ1) is 7.56. The summed E-state index contributed by atoms with van der Waals surface area (Å²) in [5.74, 6) is 0.900. The molecule has 2 heteroatoms. The van der Waals surface area contributed by atoms with E-state index < -0.39 is 0 Å². The molecular weight excluding hydrogens is 136 g/mol. The molecule has 2 aliphatic heterocycles. The topological polar surface area (TPSA) is 24.1 Å². The Morgan fingerprint density at radius 1 is 1.09 bits per heavy atom. The van der Waals surface area contributed by atoms with Gasteiger partial charge in [-0.2, -0.15) is 0 Å². The van der Waals surface area contributed by atoms with Crippen LogP contribution >= 0.6 is 0 Å². The first-order valence-electron chi connectivity index (χ1n) is 4.84. The summed E-state index contributed by atoms with van der Waals surface area (Å²) in [6.07, 6.45) is 4.12. The SMILES string of the molecule is CC1NCCC2NCCCC12. The lowest BCUT2D eigenvalue weighted by atomic mass is 9.81. The molecule has 2 nitrogen and oxygen atoms in total. The molecule has 0 spiro atoms. The van der Waals surface area contributed by atoms with Crippen LogP contribution in [-0.2, 0) is 0 Å². The highest BCUT2D eigenvalue weighted by Crippen LogP contribution is 2.24. The number of rotatable bonds is 0. The van der Waals surface area contributed by atoms with Crippen molar-refractivity contribution in [3.63, 3.8) is 0 Å². The monoisotopic (exact) mass is 154 g/mol. The molecule has 3 unspecified atom stereocenters. The van der Waals surface area contributed by atoms with Crippen LogP contribution in [0.2, 0.25) is 0 Å². The van der Waals surface area contributed by atoms with Crippen molar-refractivity contribution in [2.75, 3.05) is 13.1 Å². The minimum absolute atomic E-state index is 0.738. The van der Waals surface area contributed by atoms with Gasteiger partial charge in [0, 0.05) is 12.1 Å². The summed E-state index contributed by atoms with van der Waals surface area (Å²) >= 11 is 0. The fourth-order valence-electron chi connectivity index (χ4n) is 2.51. The van der Waals surface area contributed by atoms with Crippen molar-refractivity contribution in [2.45, 2.75) is 38.3 Å². The average molecular weight is 154 g/mol. The van der Waals surface area contributed by atoms with Gasteiger partial charge in [0.1, 0.15) is 0 Å². The summed E-state index contributed by atoms with van der Waals surface area (Å²) in [6, 6.07) is 1.56. The molecule has 64 valence electrons. The molecule has 2 rings (SSSR count). The minimum Gasteiger partial charge on any atom is -0.314 e. The number of hydrogen-bond donors (Lipinski definition) is 2. The molecule has 0 aliphatic carbocycles. The molecule has 2 aliphatic rings. The minimum atomic E-state index is 0.738. The third-order valence-electron chi connectivity index (χ3n) is 3.20. The first-order chi connectivity index (χ1) is 5.38. The molecule has 0 radical (unpaired) electrons. The molecule has 2 N–H and O–H groups in total. The van der Waals surface area contributed by atoms with Gasteiger partial charge < -0.3 is 10.6 Å². The largest absolute Gasteiger partial charge is 0.314 e. The van der Waals surface area contributed by atoms with Crippen molar-refractivity contribution in [3.8, 4) is 0 Å². The lowest BCUT2D eigenvalue weighted by molar-refractivity contribution is 0.179. The van der Waals surface area contributed by atoms with E-state index in [1.54, 1.807) is 0 Å². The van der Waals surface area contributed by atoms with Crippen molar-refractivity contribution < 1.29 is 0 Å².